The monoisotopic (exact) mass is 822 g/mol. The molecule has 288 valence electrons. The molecule has 5 rings (SSSR count). The number of aromatic nitrogens is 4. The normalized spacial score (nSPS) is 16.9. The number of amides is 1. The fourth-order valence-corrected chi connectivity index (χ4v) is 8.65. The maximum absolute atomic E-state index is 12.6. The van der Waals surface area contributed by atoms with Crippen molar-refractivity contribution in [3.8, 4) is 22.4 Å². The van der Waals surface area contributed by atoms with Gasteiger partial charge in [0.15, 0.2) is 11.5 Å². The Bertz CT molecular complexity index is 1770. The van der Waals surface area contributed by atoms with Crippen LogP contribution >= 0.6 is 15.9 Å². The second-order valence-corrected chi connectivity index (χ2v) is 29.7. The van der Waals surface area contributed by atoms with Crippen LogP contribution in [0.4, 0.5) is 10.6 Å². The van der Waals surface area contributed by atoms with Gasteiger partial charge in [-0.05, 0) is 80.5 Å². The lowest BCUT2D eigenvalue weighted by atomic mass is 9.84. The molecule has 0 unspecified atom stereocenters. The van der Waals surface area contributed by atoms with Gasteiger partial charge in [0.25, 0.3) is 0 Å². The first kappa shape index (κ1) is 41.1. The summed E-state index contributed by atoms with van der Waals surface area (Å²) in [6.45, 7) is 22.0. The van der Waals surface area contributed by atoms with Gasteiger partial charge in [-0.3, -0.25) is 4.98 Å². The number of hydrogen-bond acceptors (Lipinski definition) is 8. The highest BCUT2D eigenvalue weighted by Crippen LogP contribution is 2.41. The van der Waals surface area contributed by atoms with Crippen LogP contribution in [0.3, 0.4) is 0 Å². The van der Waals surface area contributed by atoms with E-state index in [1.165, 1.54) is 0 Å². The van der Waals surface area contributed by atoms with Gasteiger partial charge in [0.05, 0.1) is 22.1 Å². The Hall–Kier alpha value is -3.11. The maximum Gasteiger partial charge on any atom is 0.407 e. The van der Waals surface area contributed by atoms with Crippen molar-refractivity contribution in [1.82, 2.24) is 24.9 Å². The lowest BCUT2D eigenvalue weighted by molar-refractivity contribution is 0.0491. The summed E-state index contributed by atoms with van der Waals surface area (Å²) >= 11 is 4.04. The van der Waals surface area contributed by atoms with Crippen molar-refractivity contribution in [3.63, 3.8) is 0 Å². The first-order chi connectivity index (χ1) is 25.0. The van der Waals surface area contributed by atoms with Crippen LogP contribution in [0.5, 0.6) is 0 Å². The van der Waals surface area contributed by atoms with Gasteiger partial charge in [-0.25, -0.2) is 9.78 Å². The number of fused-ring (bicyclic) bond motifs is 1. The Labute approximate surface area is 326 Å². The number of anilines is 1. The Morgan fingerprint density at radius 2 is 1.51 bits per heavy atom. The van der Waals surface area contributed by atoms with Crippen molar-refractivity contribution < 1.29 is 19.0 Å². The number of hydrogen-bond donors (Lipinski definition) is 1. The van der Waals surface area contributed by atoms with Crippen LogP contribution in [0.15, 0.2) is 59.3 Å². The Morgan fingerprint density at radius 1 is 0.887 bits per heavy atom. The number of nitrogens with one attached hydrogen (secondary N) is 1. The summed E-state index contributed by atoms with van der Waals surface area (Å²) in [5.74, 6) is 1.04. The van der Waals surface area contributed by atoms with E-state index in [1.54, 1.807) is 0 Å². The summed E-state index contributed by atoms with van der Waals surface area (Å²) in [4.78, 5) is 24.9. The molecule has 1 saturated carbocycles. The van der Waals surface area contributed by atoms with E-state index in [4.69, 9.17) is 29.3 Å². The van der Waals surface area contributed by atoms with Crippen LogP contribution in [-0.4, -0.2) is 80.1 Å². The number of ether oxygens (including phenoxy) is 3. The SMILES string of the molecule is CC(C)(C)OC(=O)NC1CCC(c2nc3c(-c4ccc(-c5ccccc5)nc4)cnn3c(N(COCC[Si](C)(C)C)COCC[Si](C)(C)C)c2Br)CC1. The van der Waals surface area contributed by atoms with E-state index in [0.29, 0.717) is 26.7 Å². The van der Waals surface area contributed by atoms with Crippen LogP contribution in [0, 0.1) is 0 Å². The predicted molar refractivity (Wildman–Crippen MR) is 224 cm³/mol. The highest BCUT2D eigenvalue weighted by molar-refractivity contribution is 9.10. The second kappa shape index (κ2) is 17.6. The minimum absolute atomic E-state index is 0.0545. The van der Waals surface area contributed by atoms with Crippen LogP contribution < -0.4 is 10.2 Å². The number of alkyl carbamates (subject to hydrolysis) is 1. The zero-order chi connectivity index (χ0) is 38.4. The van der Waals surface area contributed by atoms with Crippen molar-refractivity contribution in [2.45, 2.75) is 115 Å². The summed E-state index contributed by atoms with van der Waals surface area (Å²) in [7, 11) is -2.56. The van der Waals surface area contributed by atoms with Gasteiger partial charge in [0, 0.05) is 64.2 Å². The van der Waals surface area contributed by atoms with E-state index in [9.17, 15) is 4.79 Å². The molecule has 13 heteroatoms. The highest BCUT2D eigenvalue weighted by Gasteiger charge is 2.31. The van der Waals surface area contributed by atoms with Gasteiger partial charge in [0.2, 0.25) is 0 Å². The first-order valence-corrected chi connectivity index (χ1v) is 27.2. The maximum atomic E-state index is 12.6. The lowest BCUT2D eigenvalue weighted by Gasteiger charge is -2.32. The Kier molecular flexibility index (Phi) is 13.6. The van der Waals surface area contributed by atoms with Gasteiger partial charge in [-0.15, -0.1) is 0 Å². The molecule has 1 aliphatic carbocycles. The van der Waals surface area contributed by atoms with Crippen molar-refractivity contribution in [2.24, 2.45) is 0 Å². The molecule has 0 bridgehead atoms. The molecule has 1 aromatic carbocycles. The molecular formula is C40H59BrN6O4Si2. The molecule has 4 aromatic rings. The number of benzene rings is 1. The number of pyridine rings is 1. The molecule has 3 aromatic heterocycles. The highest BCUT2D eigenvalue weighted by atomic mass is 79.9. The van der Waals surface area contributed by atoms with Gasteiger partial charge >= 0.3 is 6.09 Å². The summed E-state index contributed by atoms with van der Waals surface area (Å²) < 4.78 is 21.1. The molecule has 1 fully saturated rings. The topological polar surface area (TPSA) is 103 Å². The van der Waals surface area contributed by atoms with Crippen LogP contribution in [-0.2, 0) is 14.2 Å². The molecule has 0 spiro atoms. The average molecular weight is 824 g/mol. The van der Waals surface area contributed by atoms with Crippen LogP contribution in [0.1, 0.15) is 58.1 Å². The quantitative estimate of drug-likeness (QED) is 0.0718. The molecule has 10 nitrogen and oxygen atoms in total. The van der Waals surface area contributed by atoms with Gasteiger partial charge in [-0.1, -0.05) is 75.7 Å². The Morgan fingerprint density at radius 3 is 2.06 bits per heavy atom. The number of nitrogens with zero attached hydrogens (tertiary/aromatic N) is 5. The second-order valence-electron chi connectivity index (χ2n) is 17.7. The zero-order valence-electron chi connectivity index (χ0n) is 33.2. The fraction of sp³-hybridized carbons (Fsp3) is 0.550. The predicted octanol–water partition coefficient (Wildman–Crippen LogP) is 10.2. The summed E-state index contributed by atoms with van der Waals surface area (Å²) in [5, 5.41) is 8.04. The van der Waals surface area contributed by atoms with Crippen molar-refractivity contribution in [3.05, 3.63) is 65.0 Å². The smallest absolute Gasteiger partial charge is 0.407 e. The third kappa shape index (κ3) is 11.9. The summed E-state index contributed by atoms with van der Waals surface area (Å²) in [6, 6.07) is 16.6. The van der Waals surface area contributed by atoms with Crippen molar-refractivity contribution in [2.75, 3.05) is 31.6 Å². The molecule has 0 atom stereocenters. The molecule has 0 saturated heterocycles. The first-order valence-electron chi connectivity index (χ1n) is 19.0. The molecular weight excluding hydrogens is 765 g/mol. The Balaban J connectivity index is 1.50. The third-order valence-electron chi connectivity index (χ3n) is 9.36. The van der Waals surface area contributed by atoms with Crippen molar-refractivity contribution in [1.29, 1.82) is 0 Å². The third-order valence-corrected chi connectivity index (χ3v) is 13.5. The molecule has 1 aliphatic rings. The molecule has 0 radical (unpaired) electrons. The van der Waals surface area contributed by atoms with Crippen LogP contribution in [0.2, 0.25) is 51.4 Å². The minimum Gasteiger partial charge on any atom is -0.444 e. The lowest BCUT2D eigenvalue weighted by Crippen LogP contribution is -2.40. The van der Waals surface area contributed by atoms with E-state index in [0.717, 1.165) is 81.8 Å². The van der Waals surface area contributed by atoms with E-state index in [-0.39, 0.29) is 18.1 Å². The number of halogens is 1. The van der Waals surface area contributed by atoms with Gasteiger partial charge in [-0.2, -0.15) is 9.61 Å². The van der Waals surface area contributed by atoms with Crippen LogP contribution in [0.25, 0.3) is 28.0 Å². The number of rotatable bonds is 15. The minimum atomic E-state index is -1.28. The standard InChI is InChI=1S/C40H59BrN6O4Si2/c1-40(2,3)51-39(48)44-32-18-15-30(16-19-32)36-35(41)38(46(27-49-21-23-52(4,5)6)28-50-22-24-53(7,8)9)47-37(45-36)33(26-43-47)31-17-20-34(42-25-31)29-13-11-10-12-14-29/h10-14,17,20,25-26,30,32H,15-16,18-19,21-24,27-28H2,1-9H3,(H,44,48). The van der Waals surface area contributed by atoms with E-state index >= 15 is 0 Å². The molecule has 3 heterocycles. The van der Waals surface area contributed by atoms with Gasteiger partial charge in [0.1, 0.15) is 19.1 Å². The molecule has 0 aliphatic heterocycles. The largest absolute Gasteiger partial charge is 0.444 e. The van der Waals surface area contributed by atoms with E-state index in [2.05, 4.69) is 89.7 Å². The average Bonchev–Trinajstić information content (AvgIpc) is 3.50. The zero-order valence-corrected chi connectivity index (χ0v) is 36.8. The van der Waals surface area contributed by atoms with E-state index in [1.807, 2.05) is 55.9 Å². The number of carbonyl (C=O) groups is 1. The van der Waals surface area contributed by atoms with Gasteiger partial charge < -0.3 is 24.4 Å². The van der Waals surface area contributed by atoms with Crippen molar-refractivity contribution >= 4 is 49.6 Å². The molecule has 1 N–H and O–H groups in total. The molecule has 1 amide bonds. The van der Waals surface area contributed by atoms with E-state index < -0.39 is 21.7 Å². The summed E-state index contributed by atoms with van der Waals surface area (Å²) in [5.41, 5.74) is 5.04. The summed E-state index contributed by atoms with van der Waals surface area (Å²) in [6.07, 6.45) is 6.85. The number of carbonyl (C=O) groups excluding carboxylic acids is 1. The fourth-order valence-electron chi connectivity index (χ4n) is 6.31. The molecule has 53 heavy (non-hydrogen) atoms.